The molecule has 2 aliphatic rings. The average Bonchev–Trinajstić information content (AvgIpc) is 3.39. The van der Waals surface area contributed by atoms with E-state index in [-0.39, 0.29) is 0 Å². The third kappa shape index (κ3) is 6.52. The molecule has 0 unspecified atom stereocenters. The maximum absolute atomic E-state index is 6.21. The fourth-order valence-electron chi connectivity index (χ4n) is 2.98. The average molecular weight is 535 g/mol. The van der Waals surface area contributed by atoms with Crippen LogP contribution in [-0.4, -0.2) is 40.4 Å². The predicted molar refractivity (Wildman–Crippen MR) is 103 cm³/mol. The molecule has 6 nitrogen and oxygen atoms in total. The molecule has 25 heavy (non-hydrogen) atoms. The number of hydrogen-bond acceptors (Lipinski definition) is 6. The molecular formula is C17H27ClN6W. The second-order valence-corrected chi connectivity index (χ2v) is 8.57. The van der Waals surface area contributed by atoms with Gasteiger partial charge in [0.25, 0.3) is 0 Å². The van der Waals surface area contributed by atoms with Gasteiger partial charge in [-0.3, -0.25) is 0 Å². The van der Waals surface area contributed by atoms with Crippen molar-refractivity contribution < 1.29 is 19.4 Å². The first-order valence-corrected chi connectivity index (χ1v) is 10.5. The number of rotatable bonds is 8. The third-order valence-electron chi connectivity index (χ3n) is 4.65. The zero-order valence-corrected chi connectivity index (χ0v) is 18.4. The number of aliphatic imine (C=N–C) groups is 2. The molecule has 0 saturated heterocycles. The summed E-state index contributed by atoms with van der Waals surface area (Å²) in [5.74, 6) is 6.32. The van der Waals surface area contributed by atoms with Crippen molar-refractivity contribution in [1.82, 2.24) is 5.32 Å². The summed E-state index contributed by atoms with van der Waals surface area (Å²) in [5, 5.41) is 7.75. The van der Waals surface area contributed by atoms with Gasteiger partial charge in [0.05, 0.1) is 0 Å². The molecule has 5 N–H and O–H groups in total. The number of nitrogens with two attached hydrogens (primary N) is 2. The summed E-state index contributed by atoms with van der Waals surface area (Å²) in [6.07, 6.45) is 7.52. The Balaban J connectivity index is 2.10. The minimum atomic E-state index is 0.326. The van der Waals surface area contributed by atoms with Gasteiger partial charge in [0, 0.05) is 0 Å². The van der Waals surface area contributed by atoms with Gasteiger partial charge in [0.15, 0.2) is 0 Å². The molecule has 0 aliphatic heterocycles. The van der Waals surface area contributed by atoms with E-state index in [9.17, 15) is 0 Å². The molecule has 2 rings (SSSR count). The van der Waals surface area contributed by atoms with E-state index in [1.54, 1.807) is 7.05 Å². The molecule has 2 aliphatic carbocycles. The molecule has 0 heterocycles. The van der Waals surface area contributed by atoms with Gasteiger partial charge in [0.2, 0.25) is 0 Å². The Morgan fingerprint density at radius 2 is 1.84 bits per heavy atom. The van der Waals surface area contributed by atoms with Crippen LogP contribution < -0.4 is 16.9 Å². The van der Waals surface area contributed by atoms with Crippen molar-refractivity contribution in [2.75, 3.05) is 7.05 Å². The first-order chi connectivity index (χ1) is 11.9. The summed E-state index contributed by atoms with van der Waals surface area (Å²) < 4.78 is 0.861. The van der Waals surface area contributed by atoms with Gasteiger partial charge in [-0.2, -0.15) is 0 Å². The van der Waals surface area contributed by atoms with Crippen LogP contribution in [0.25, 0.3) is 0 Å². The Morgan fingerprint density at radius 1 is 1.20 bits per heavy atom. The molecule has 0 amide bonds. The van der Waals surface area contributed by atoms with Crippen LogP contribution in [0.2, 0.25) is 0 Å². The molecule has 0 aromatic carbocycles. The molecule has 0 aromatic rings. The fraction of sp³-hybridized carbons (Fsp3) is 0.647. The van der Waals surface area contributed by atoms with Crippen LogP contribution in [0, 0.1) is 5.92 Å². The van der Waals surface area contributed by atoms with E-state index in [2.05, 4.69) is 27.0 Å². The van der Waals surface area contributed by atoms with E-state index >= 15 is 0 Å². The minimum absolute atomic E-state index is 0.326. The maximum atomic E-state index is 6.21. The van der Waals surface area contributed by atoms with Crippen molar-refractivity contribution in [3.63, 3.8) is 0 Å². The molecular weight excluding hydrogens is 508 g/mol. The number of hydrazone groups is 1. The van der Waals surface area contributed by atoms with E-state index < -0.39 is 0 Å². The van der Waals surface area contributed by atoms with E-state index in [1.807, 2.05) is 0 Å². The molecule has 0 radical (unpaired) electrons. The van der Waals surface area contributed by atoms with Crippen LogP contribution in [0.3, 0.4) is 0 Å². The molecule has 2 fully saturated rings. The van der Waals surface area contributed by atoms with E-state index in [0.29, 0.717) is 34.5 Å². The second-order valence-electron chi connectivity index (χ2n) is 6.72. The monoisotopic (exact) mass is 534 g/mol. The summed E-state index contributed by atoms with van der Waals surface area (Å²) in [6.45, 7) is 3.84. The first kappa shape index (κ1) is 20.6. The molecule has 8 heteroatoms. The van der Waals surface area contributed by atoms with Crippen LogP contribution in [-0.2, 0) is 19.4 Å². The normalized spacial score (nSPS) is 25.8. The van der Waals surface area contributed by atoms with E-state index in [4.69, 9.17) is 23.2 Å². The topological polar surface area (TPSA) is 101 Å². The quantitative estimate of drug-likeness (QED) is 0.252. The Bertz CT molecular complexity index is 600. The molecule has 0 atom stereocenters. The number of nitrogens with zero attached hydrogens (tertiary/aromatic N) is 3. The van der Waals surface area contributed by atoms with Crippen LogP contribution in [0.15, 0.2) is 26.7 Å². The zero-order chi connectivity index (χ0) is 18.4. The standard InChI is InChI=1S/C17H27ClN6.W/c1-11(18)16(17(24-20)15(21-2)9-12-3-4-12)23-10-22-14-7-5-13(19)6-8-14;/h12-14,22H,1,3-9,19-20H2,2H3;/b21-15?,23-16+,24-17+;. The van der Waals surface area contributed by atoms with Gasteiger partial charge < -0.3 is 0 Å². The van der Waals surface area contributed by atoms with Gasteiger partial charge in [-0.05, 0) is 0 Å². The second kappa shape index (κ2) is 9.86. The van der Waals surface area contributed by atoms with Gasteiger partial charge in [-0.15, -0.1) is 0 Å². The third-order valence-corrected chi connectivity index (χ3v) is 5.58. The fourth-order valence-corrected chi connectivity index (χ4v) is 4.03. The summed E-state index contributed by atoms with van der Waals surface area (Å²) in [4.78, 5) is 9.02. The van der Waals surface area contributed by atoms with Gasteiger partial charge in [-0.25, -0.2) is 0 Å². The number of allylic oxidation sites excluding steroid dienone is 1. The van der Waals surface area contributed by atoms with Crippen molar-refractivity contribution >= 4 is 32.9 Å². The predicted octanol–water partition coefficient (Wildman–Crippen LogP) is 1.86. The van der Waals surface area contributed by atoms with Gasteiger partial charge >= 0.3 is 166 Å². The summed E-state index contributed by atoms with van der Waals surface area (Å²) in [6, 6.07) is 0.735. The van der Waals surface area contributed by atoms with Crippen molar-refractivity contribution in [3.05, 3.63) is 11.6 Å². The molecule has 0 bridgehead atoms. The molecule has 0 spiro atoms. The number of hydrogen-bond donors (Lipinski definition) is 3. The Kier molecular flexibility index (Phi) is 8.14. The van der Waals surface area contributed by atoms with E-state index in [0.717, 1.165) is 42.0 Å². The Labute approximate surface area is 165 Å². The van der Waals surface area contributed by atoms with Gasteiger partial charge in [0.1, 0.15) is 0 Å². The number of nitrogens with one attached hydrogen (secondary N) is 1. The van der Waals surface area contributed by atoms with Crippen LogP contribution in [0.1, 0.15) is 44.9 Å². The Hall–Kier alpha value is -0.682. The SMILES string of the molecule is C=C(Cl)C(=N\[C](=[W])NC1CCC(N)CC1)/C(=N/N)C(CC1CC1)=NC. The first-order valence-electron chi connectivity index (χ1n) is 8.68. The number of halogens is 1. The van der Waals surface area contributed by atoms with Gasteiger partial charge in [-0.1, -0.05) is 0 Å². The molecule has 138 valence electrons. The summed E-state index contributed by atoms with van der Waals surface area (Å²) in [7, 11) is 1.75. The van der Waals surface area contributed by atoms with Crippen molar-refractivity contribution in [2.45, 2.75) is 57.0 Å². The van der Waals surface area contributed by atoms with Crippen LogP contribution >= 0.6 is 11.6 Å². The van der Waals surface area contributed by atoms with Crippen LogP contribution in [0.4, 0.5) is 0 Å². The zero-order valence-electron chi connectivity index (χ0n) is 14.7. The van der Waals surface area contributed by atoms with E-state index in [1.165, 1.54) is 32.2 Å². The summed E-state index contributed by atoms with van der Waals surface area (Å²) in [5.41, 5.74) is 7.87. The van der Waals surface area contributed by atoms with Crippen molar-refractivity contribution in [2.24, 2.45) is 32.6 Å². The van der Waals surface area contributed by atoms with Crippen LogP contribution in [0.5, 0.6) is 0 Å². The molecule has 2 saturated carbocycles. The van der Waals surface area contributed by atoms with Crippen molar-refractivity contribution in [1.29, 1.82) is 0 Å². The summed E-state index contributed by atoms with van der Waals surface area (Å²) >= 11 is 7.44. The molecule has 0 aromatic heterocycles. The van der Waals surface area contributed by atoms with Crippen molar-refractivity contribution in [3.8, 4) is 0 Å². The Morgan fingerprint density at radius 3 is 2.32 bits per heavy atom.